The largest absolute Gasteiger partial charge is 0.466 e. The van der Waals surface area contributed by atoms with Gasteiger partial charge in [-0.25, -0.2) is 4.79 Å². The molecule has 0 aliphatic rings. The predicted molar refractivity (Wildman–Crippen MR) is 116 cm³/mol. The van der Waals surface area contributed by atoms with Gasteiger partial charge >= 0.3 is 11.9 Å². The minimum absolute atomic E-state index is 0.143. The minimum atomic E-state index is -0.481. The van der Waals surface area contributed by atoms with Gasteiger partial charge in [0.05, 0.1) is 25.7 Å². The lowest BCUT2D eigenvalue weighted by atomic mass is 10.1. The molecule has 7 nitrogen and oxygen atoms in total. The molecular weight excluding hydrogens is 404 g/mol. The maximum atomic E-state index is 12.6. The molecule has 0 atom stereocenters. The van der Waals surface area contributed by atoms with Crippen molar-refractivity contribution >= 4 is 35.2 Å². The van der Waals surface area contributed by atoms with Crippen molar-refractivity contribution in [3.8, 4) is 0 Å². The van der Waals surface area contributed by atoms with Crippen LogP contribution in [0.15, 0.2) is 54.6 Å². The van der Waals surface area contributed by atoms with Crippen molar-refractivity contribution in [1.82, 2.24) is 10.2 Å². The molecule has 0 bridgehead atoms. The van der Waals surface area contributed by atoms with E-state index in [0.717, 1.165) is 5.56 Å². The summed E-state index contributed by atoms with van der Waals surface area (Å²) < 4.78 is 9.63. The minimum Gasteiger partial charge on any atom is -0.466 e. The molecule has 0 aliphatic heterocycles. The van der Waals surface area contributed by atoms with Gasteiger partial charge in [-0.2, -0.15) is 0 Å². The highest BCUT2D eigenvalue weighted by atomic mass is 32.1. The first kappa shape index (κ1) is 23.0. The molecule has 0 aromatic heterocycles. The number of methoxy groups -OCH3 is 1. The third-order valence-corrected chi connectivity index (χ3v) is 4.54. The van der Waals surface area contributed by atoms with E-state index in [-0.39, 0.29) is 17.5 Å². The first-order chi connectivity index (χ1) is 14.4. The summed E-state index contributed by atoms with van der Waals surface area (Å²) in [5.74, 6) is -1.22. The maximum Gasteiger partial charge on any atom is 0.337 e. The summed E-state index contributed by atoms with van der Waals surface area (Å²) in [5.41, 5.74) is 1.67. The van der Waals surface area contributed by atoms with Gasteiger partial charge in [-0.1, -0.05) is 30.3 Å². The van der Waals surface area contributed by atoms with Crippen molar-refractivity contribution in [3.63, 3.8) is 0 Å². The summed E-state index contributed by atoms with van der Waals surface area (Å²) in [6.07, 6.45) is 0.143. The Hall–Kier alpha value is -3.26. The molecule has 30 heavy (non-hydrogen) atoms. The van der Waals surface area contributed by atoms with Crippen molar-refractivity contribution in [2.24, 2.45) is 0 Å². The van der Waals surface area contributed by atoms with Crippen molar-refractivity contribution in [3.05, 3.63) is 71.3 Å². The second kappa shape index (κ2) is 11.7. The van der Waals surface area contributed by atoms with Crippen LogP contribution in [0.5, 0.6) is 0 Å². The molecule has 2 aromatic carbocycles. The Morgan fingerprint density at radius 1 is 1.00 bits per heavy atom. The number of thiocarbonyl (C=S) groups is 1. The average Bonchev–Trinajstić information content (AvgIpc) is 2.76. The molecule has 1 N–H and O–H groups in total. The Kier molecular flexibility index (Phi) is 8.96. The summed E-state index contributed by atoms with van der Waals surface area (Å²) in [6, 6.07) is 15.6. The Morgan fingerprint density at radius 2 is 1.63 bits per heavy atom. The van der Waals surface area contributed by atoms with Crippen molar-refractivity contribution in [2.75, 3.05) is 20.3 Å². The summed E-state index contributed by atoms with van der Waals surface area (Å²) in [5, 5.41) is 2.88. The van der Waals surface area contributed by atoms with Gasteiger partial charge in [0, 0.05) is 18.7 Å². The van der Waals surface area contributed by atoms with E-state index in [0.29, 0.717) is 30.8 Å². The van der Waals surface area contributed by atoms with E-state index in [4.69, 9.17) is 17.0 Å². The molecule has 1 amide bonds. The van der Waals surface area contributed by atoms with Crippen LogP contribution < -0.4 is 5.32 Å². The van der Waals surface area contributed by atoms with Crippen molar-refractivity contribution in [1.29, 1.82) is 0 Å². The van der Waals surface area contributed by atoms with E-state index in [9.17, 15) is 14.4 Å². The van der Waals surface area contributed by atoms with Gasteiger partial charge in [-0.15, -0.1) is 0 Å². The molecule has 2 rings (SSSR count). The normalized spacial score (nSPS) is 10.1. The van der Waals surface area contributed by atoms with Crippen LogP contribution in [0.25, 0.3) is 0 Å². The van der Waals surface area contributed by atoms with Gasteiger partial charge in [0.2, 0.25) is 0 Å². The van der Waals surface area contributed by atoms with Gasteiger partial charge < -0.3 is 14.4 Å². The van der Waals surface area contributed by atoms with Crippen LogP contribution >= 0.6 is 12.2 Å². The van der Waals surface area contributed by atoms with Crippen LogP contribution in [0.2, 0.25) is 0 Å². The summed E-state index contributed by atoms with van der Waals surface area (Å²) in [6.45, 7) is 2.78. The highest BCUT2D eigenvalue weighted by Crippen LogP contribution is 2.09. The molecule has 0 radical (unpaired) electrons. The number of amides is 1. The SMILES string of the molecule is CCOC(=O)CCN(Cc1ccccc1)C(=S)NC(=O)c1ccc(C(=O)OC)cc1. The van der Waals surface area contributed by atoms with E-state index in [1.165, 1.54) is 31.4 Å². The number of rotatable bonds is 8. The maximum absolute atomic E-state index is 12.6. The molecule has 0 saturated heterocycles. The van der Waals surface area contributed by atoms with Gasteiger partial charge in [-0.05, 0) is 49.0 Å². The molecule has 0 aliphatic carbocycles. The van der Waals surface area contributed by atoms with Crippen LogP contribution in [0.1, 0.15) is 39.6 Å². The Balaban J connectivity index is 2.06. The topological polar surface area (TPSA) is 84.9 Å². The summed E-state index contributed by atoms with van der Waals surface area (Å²) in [4.78, 5) is 37.6. The second-order valence-electron chi connectivity index (χ2n) is 6.29. The molecule has 0 unspecified atom stereocenters. The zero-order valence-corrected chi connectivity index (χ0v) is 17.7. The van der Waals surface area contributed by atoms with E-state index < -0.39 is 11.9 Å². The third kappa shape index (κ3) is 6.97. The summed E-state index contributed by atoms with van der Waals surface area (Å²) >= 11 is 5.42. The predicted octanol–water partition coefficient (Wildman–Crippen LogP) is 2.94. The van der Waals surface area contributed by atoms with Crippen LogP contribution in [-0.4, -0.2) is 48.1 Å². The van der Waals surface area contributed by atoms with E-state index in [1.807, 2.05) is 30.3 Å². The number of ether oxygens (including phenoxy) is 2. The number of hydrogen-bond acceptors (Lipinski definition) is 6. The zero-order valence-electron chi connectivity index (χ0n) is 16.9. The lowest BCUT2D eigenvalue weighted by Crippen LogP contribution is -2.43. The molecule has 0 spiro atoms. The first-order valence-electron chi connectivity index (χ1n) is 9.42. The van der Waals surface area contributed by atoms with Crippen LogP contribution in [0.4, 0.5) is 0 Å². The van der Waals surface area contributed by atoms with Gasteiger partial charge in [0.1, 0.15) is 0 Å². The number of carbonyl (C=O) groups excluding carboxylic acids is 3. The first-order valence-corrected chi connectivity index (χ1v) is 9.83. The lowest BCUT2D eigenvalue weighted by molar-refractivity contribution is -0.143. The fraction of sp³-hybridized carbons (Fsp3) is 0.273. The number of nitrogens with zero attached hydrogens (tertiary/aromatic N) is 1. The molecule has 0 fully saturated rings. The Labute approximate surface area is 181 Å². The number of hydrogen-bond donors (Lipinski definition) is 1. The van der Waals surface area contributed by atoms with Gasteiger partial charge in [0.25, 0.3) is 5.91 Å². The van der Waals surface area contributed by atoms with E-state index in [2.05, 4.69) is 10.1 Å². The van der Waals surface area contributed by atoms with E-state index in [1.54, 1.807) is 11.8 Å². The highest BCUT2D eigenvalue weighted by Gasteiger charge is 2.17. The molecule has 0 heterocycles. The smallest absolute Gasteiger partial charge is 0.337 e. The third-order valence-electron chi connectivity index (χ3n) is 4.18. The van der Waals surface area contributed by atoms with Crippen LogP contribution in [0.3, 0.4) is 0 Å². The fourth-order valence-corrected chi connectivity index (χ4v) is 2.89. The quantitative estimate of drug-likeness (QED) is 0.511. The average molecular weight is 429 g/mol. The highest BCUT2D eigenvalue weighted by molar-refractivity contribution is 7.80. The molecule has 158 valence electrons. The Bertz CT molecular complexity index is 884. The van der Waals surface area contributed by atoms with E-state index >= 15 is 0 Å². The number of benzene rings is 2. The number of carbonyl (C=O) groups is 3. The number of esters is 2. The van der Waals surface area contributed by atoms with Crippen molar-refractivity contribution in [2.45, 2.75) is 19.9 Å². The fourth-order valence-electron chi connectivity index (χ4n) is 2.64. The standard InChI is InChI=1S/C22H24N2O5S/c1-3-29-19(25)13-14-24(15-16-7-5-4-6-8-16)22(30)23-20(26)17-9-11-18(12-10-17)21(27)28-2/h4-12H,3,13-15H2,1-2H3,(H,23,26,30). The lowest BCUT2D eigenvalue weighted by Gasteiger charge is -2.25. The van der Waals surface area contributed by atoms with Crippen LogP contribution in [-0.2, 0) is 20.8 Å². The zero-order chi connectivity index (χ0) is 21.9. The summed E-state index contributed by atoms with van der Waals surface area (Å²) in [7, 11) is 1.29. The molecule has 2 aromatic rings. The molecule has 0 saturated carbocycles. The molecular formula is C22H24N2O5S. The van der Waals surface area contributed by atoms with Gasteiger partial charge in [-0.3, -0.25) is 14.9 Å². The monoisotopic (exact) mass is 428 g/mol. The number of nitrogens with one attached hydrogen (secondary N) is 1. The second-order valence-corrected chi connectivity index (χ2v) is 6.68. The van der Waals surface area contributed by atoms with Crippen LogP contribution in [0, 0.1) is 0 Å². The Morgan fingerprint density at radius 3 is 2.23 bits per heavy atom. The molecule has 8 heteroatoms. The van der Waals surface area contributed by atoms with Gasteiger partial charge in [0.15, 0.2) is 5.11 Å². The van der Waals surface area contributed by atoms with Crippen molar-refractivity contribution < 1.29 is 23.9 Å².